The molecule has 0 aliphatic carbocycles. The smallest absolute Gasteiger partial charge is 0.0700 e. The number of ether oxygens (including phenoxy) is 2. The van der Waals surface area contributed by atoms with Gasteiger partial charge in [0.2, 0.25) is 0 Å². The first-order valence-electron chi connectivity index (χ1n) is 3.04. The van der Waals surface area contributed by atoms with Gasteiger partial charge in [-0.1, -0.05) is 22.6 Å². The van der Waals surface area contributed by atoms with Gasteiger partial charge >= 0.3 is 0 Å². The van der Waals surface area contributed by atoms with Gasteiger partial charge in [-0.2, -0.15) is 0 Å². The Morgan fingerprint density at radius 3 is 2.56 bits per heavy atom. The van der Waals surface area contributed by atoms with Crippen molar-refractivity contribution in [2.24, 2.45) is 0 Å². The van der Waals surface area contributed by atoms with Gasteiger partial charge in [-0.15, -0.1) is 0 Å². The molecule has 0 N–H and O–H groups in total. The van der Waals surface area contributed by atoms with E-state index in [9.17, 15) is 0 Å². The Labute approximate surface area is 70.1 Å². The normalized spacial score (nSPS) is 10.0. The fourth-order valence-electron chi connectivity index (χ4n) is 0.401. The maximum absolute atomic E-state index is 5.18. The van der Waals surface area contributed by atoms with Gasteiger partial charge in [-0.3, -0.25) is 0 Å². The summed E-state index contributed by atoms with van der Waals surface area (Å²) in [5.41, 5.74) is 0. The molecule has 0 atom stereocenters. The first kappa shape index (κ1) is 9.65. The van der Waals surface area contributed by atoms with Crippen LogP contribution in [0.5, 0.6) is 0 Å². The van der Waals surface area contributed by atoms with Gasteiger partial charge in [0.25, 0.3) is 0 Å². The lowest BCUT2D eigenvalue weighted by atomic mass is 10.5. The third kappa shape index (κ3) is 8.65. The lowest BCUT2D eigenvalue weighted by molar-refractivity contribution is 0.0716. The van der Waals surface area contributed by atoms with Gasteiger partial charge in [-0.25, -0.2) is 0 Å². The number of hydrogen-bond donors (Lipinski definition) is 0. The van der Waals surface area contributed by atoms with Crippen LogP contribution in [0.15, 0.2) is 0 Å². The highest BCUT2D eigenvalue weighted by Crippen LogP contribution is 1.88. The molecular weight excluding hydrogens is 231 g/mol. The first-order valence-corrected chi connectivity index (χ1v) is 4.57. The van der Waals surface area contributed by atoms with Gasteiger partial charge in [0, 0.05) is 18.1 Å². The Morgan fingerprint density at radius 1 is 1.22 bits per heavy atom. The minimum absolute atomic E-state index is 0.710. The van der Waals surface area contributed by atoms with E-state index in [1.54, 1.807) is 7.11 Å². The highest BCUT2D eigenvalue weighted by atomic mass is 127. The van der Waals surface area contributed by atoms with Gasteiger partial charge in [0.15, 0.2) is 0 Å². The molecule has 0 bridgehead atoms. The third-order valence-corrected chi connectivity index (χ3v) is 1.62. The predicted octanol–water partition coefficient (Wildman–Crippen LogP) is 1.47. The van der Waals surface area contributed by atoms with Crippen molar-refractivity contribution < 1.29 is 9.47 Å². The summed E-state index contributed by atoms with van der Waals surface area (Å²) in [5.74, 6) is 0. The van der Waals surface area contributed by atoms with Gasteiger partial charge < -0.3 is 9.47 Å². The van der Waals surface area contributed by atoms with E-state index in [1.807, 2.05) is 0 Å². The summed E-state index contributed by atoms with van der Waals surface area (Å²) in [4.78, 5) is 0. The molecule has 0 spiro atoms. The summed E-state index contributed by atoms with van der Waals surface area (Å²) in [6.45, 7) is 2.31. The zero-order valence-electron chi connectivity index (χ0n) is 5.73. The average Bonchev–Trinajstić information content (AvgIpc) is 1.89. The first-order chi connectivity index (χ1) is 4.41. The summed E-state index contributed by atoms with van der Waals surface area (Å²) in [7, 11) is 1.68. The molecule has 56 valence electrons. The third-order valence-electron chi connectivity index (χ3n) is 0.854. The topological polar surface area (TPSA) is 18.5 Å². The highest BCUT2D eigenvalue weighted by Gasteiger charge is 1.85. The summed E-state index contributed by atoms with van der Waals surface area (Å²) < 4.78 is 11.2. The molecule has 3 heteroatoms. The Balaban J connectivity index is 2.60. The van der Waals surface area contributed by atoms with Crippen LogP contribution in [-0.2, 0) is 9.47 Å². The van der Waals surface area contributed by atoms with Crippen molar-refractivity contribution >= 4 is 22.6 Å². The molecule has 0 aliphatic rings. The minimum atomic E-state index is 0.710. The standard InChI is InChI=1S/C6H13IO2/c1-8-5-6-9-4-2-3-7/h2-6H2,1H3. The molecule has 0 aromatic rings. The number of hydrogen-bond acceptors (Lipinski definition) is 2. The average molecular weight is 244 g/mol. The van der Waals surface area contributed by atoms with E-state index >= 15 is 0 Å². The van der Waals surface area contributed by atoms with Crippen molar-refractivity contribution in [3.63, 3.8) is 0 Å². The summed E-state index contributed by atoms with van der Waals surface area (Å²) in [6, 6.07) is 0. The monoisotopic (exact) mass is 244 g/mol. The van der Waals surface area contributed by atoms with E-state index in [2.05, 4.69) is 22.6 Å². The number of rotatable bonds is 6. The van der Waals surface area contributed by atoms with Crippen LogP contribution in [0.2, 0.25) is 0 Å². The maximum atomic E-state index is 5.18. The molecular formula is C6H13IO2. The fourth-order valence-corrected chi connectivity index (χ4v) is 0.712. The molecule has 0 saturated carbocycles. The SMILES string of the molecule is COCCOCCCI. The fraction of sp³-hybridized carbons (Fsp3) is 1.00. The number of halogens is 1. The molecule has 0 heterocycles. The molecule has 0 amide bonds. The van der Waals surface area contributed by atoms with E-state index in [1.165, 1.54) is 4.43 Å². The Bertz CT molecular complexity index is 44.3. The van der Waals surface area contributed by atoms with Gasteiger partial charge in [0.1, 0.15) is 0 Å². The Kier molecular flexibility index (Phi) is 9.27. The second kappa shape index (κ2) is 8.65. The van der Waals surface area contributed by atoms with Crippen LogP contribution in [0.1, 0.15) is 6.42 Å². The Morgan fingerprint density at radius 2 is 2.00 bits per heavy atom. The molecule has 2 nitrogen and oxygen atoms in total. The second-order valence-corrected chi connectivity index (χ2v) is 2.73. The molecule has 0 aliphatic heterocycles. The van der Waals surface area contributed by atoms with Crippen molar-refractivity contribution in [3.05, 3.63) is 0 Å². The van der Waals surface area contributed by atoms with Gasteiger partial charge in [0.05, 0.1) is 13.2 Å². The van der Waals surface area contributed by atoms with Crippen molar-refractivity contribution in [3.8, 4) is 0 Å². The summed E-state index contributed by atoms with van der Waals surface area (Å²) in [6.07, 6.45) is 1.14. The van der Waals surface area contributed by atoms with Crippen LogP contribution in [0.25, 0.3) is 0 Å². The van der Waals surface area contributed by atoms with E-state index in [0.29, 0.717) is 6.61 Å². The largest absolute Gasteiger partial charge is 0.382 e. The minimum Gasteiger partial charge on any atom is -0.382 e. The van der Waals surface area contributed by atoms with Crippen molar-refractivity contribution in [1.29, 1.82) is 0 Å². The number of alkyl halides is 1. The lowest BCUT2D eigenvalue weighted by Crippen LogP contribution is -2.02. The van der Waals surface area contributed by atoms with Crippen LogP contribution in [0, 0.1) is 0 Å². The molecule has 0 unspecified atom stereocenters. The number of methoxy groups -OCH3 is 1. The lowest BCUT2D eigenvalue weighted by Gasteiger charge is -1.99. The van der Waals surface area contributed by atoms with E-state index in [-0.39, 0.29) is 0 Å². The van der Waals surface area contributed by atoms with E-state index < -0.39 is 0 Å². The van der Waals surface area contributed by atoms with Crippen molar-refractivity contribution in [1.82, 2.24) is 0 Å². The van der Waals surface area contributed by atoms with Crippen LogP contribution >= 0.6 is 22.6 Å². The molecule has 0 saturated heterocycles. The van der Waals surface area contributed by atoms with Crippen molar-refractivity contribution in [2.45, 2.75) is 6.42 Å². The van der Waals surface area contributed by atoms with Crippen LogP contribution in [0.4, 0.5) is 0 Å². The van der Waals surface area contributed by atoms with Crippen LogP contribution in [0.3, 0.4) is 0 Å². The van der Waals surface area contributed by atoms with E-state index in [0.717, 1.165) is 19.6 Å². The maximum Gasteiger partial charge on any atom is 0.0700 e. The molecule has 0 aromatic heterocycles. The van der Waals surface area contributed by atoms with Gasteiger partial charge in [-0.05, 0) is 6.42 Å². The molecule has 9 heavy (non-hydrogen) atoms. The molecule has 0 fully saturated rings. The summed E-state index contributed by atoms with van der Waals surface area (Å²) >= 11 is 2.34. The molecule has 0 aromatic carbocycles. The zero-order valence-corrected chi connectivity index (χ0v) is 7.89. The van der Waals surface area contributed by atoms with Crippen molar-refractivity contribution in [2.75, 3.05) is 31.4 Å². The van der Waals surface area contributed by atoms with E-state index in [4.69, 9.17) is 9.47 Å². The van der Waals surface area contributed by atoms with Crippen LogP contribution < -0.4 is 0 Å². The Hall–Kier alpha value is 0.650. The molecule has 0 radical (unpaired) electrons. The summed E-state index contributed by atoms with van der Waals surface area (Å²) in [5, 5.41) is 0. The predicted molar refractivity (Wildman–Crippen MR) is 46.2 cm³/mol. The van der Waals surface area contributed by atoms with Crippen LogP contribution in [-0.4, -0.2) is 31.4 Å². The highest BCUT2D eigenvalue weighted by molar-refractivity contribution is 14.1. The second-order valence-electron chi connectivity index (χ2n) is 1.65. The molecule has 0 rings (SSSR count). The quantitative estimate of drug-likeness (QED) is 0.400. The zero-order chi connectivity index (χ0) is 6.95.